The van der Waals surface area contributed by atoms with Gasteiger partial charge in [0, 0.05) is 9.13 Å². The molecule has 15 heavy (non-hydrogen) atoms. The van der Waals surface area contributed by atoms with E-state index in [1.165, 1.54) is 12.1 Å². The van der Waals surface area contributed by atoms with Crippen LogP contribution in [0.1, 0.15) is 10.4 Å². The summed E-state index contributed by atoms with van der Waals surface area (Å²) in [6.45, 7) is 0. The summed E-state index contributed by atoms with van der Waals surface area (Å²) in [6.07, 6.45) is 0. The number of ether oxygens (including phenoxy) is 1. The standard InChI is InChI=1S/C9H7IO4S/c10-5-1-2-6(9(12)13)7(3-5)14-8(11)4-15/h1-3,15H,4H2,(H,12,13)/p-1. The predicted molar refractivity (Wildman–Crippen MR) is 63.0 cm³/mol. The molecule has 0 aliphatic heterocycles. The van der Waals surface area contributed by atoms with E-state index in [1.807, 2.05) is 22.6 Å². The van der Waals surface area contributed by atoms with Gasteiger partial charge >= 0.3 is 5.97 Å². The molecule has 0 aliphatic carbocycles. The summed E-state index contributed by atoms with van der Waals surface area (Å²) in [4.78, 5) is 21.6. The van der Waals surface area contributed by atoms with Crippen LogP contribution in [0.25, 0.3) is 0 Å². The molecule has 6 heteroatoms. The molecule has 0 fully saturated rings. The number of aromatic carboxylic acids is 1. The third kappa shape index (κ3) is 3.38. The van der Waals surface area contributed by atoms with Gasteiger partial charge in [-0.25, -0.2) is 0 Å². The van der Waals surface area contributed by atoms with Crippen molar-refractivity contribution in [1.29, 1.82) is 0 Å². The molecule has 0 N–H and O–H groups in total. The first-order valence-corrected chi connectivity index (χ1v) is 5.58. The second-order valence-electron chi connectivity index (χ2n) is 2.56. The Labute approximate surface area is 105 Å². The minimum Gasteiger partial charge on any atom is -0.545 e. The Morgan fingerprint density at radius 3 is 2.67 bits per heavy atom. The highest BCUT2D eigenvalue weighted by Crippen LogP contribution is 2.21. The van der Waals surface area contributed by atoms with Gasteiger partial charge in [-0.15, -0.1) is 0 Å². The molecule has 0 unspecified atom stereocenters. The Morgan fingerprint density at radius 2 is 2.13 bits per heavy atom. The van der Waals surface area contributed by atoms with Crippen molar-refractivity contribution in [3.05, 3.63) is 27.3 Å². The van der Waals surface area contributed by atoms with Crippen LogP contribution in [-0.2, 0) is 4.79 Å². The summed E-state index contributed by atoms with van der Waals surface area (Å²) in [5, 5.41) is 10.7. The molecule has 0 radical (unpaired) electrons. The summed E-state index contributed by atoms with van der Waals surface area (Å²) in [6, 6.07) is 4.37. The molecule has 1 aromatic rings. The van der Waals surface area contributed by atoms with Crippen molar-refractivity contribution in [2.24, 2.45) is 0 Å². The highest BCUT2D eigenvalue weighted by atomic mass is 127. The first-order valence-electron chi connectivity index (χ1n) is 3.87. The number of carboxylic acids is 1. The van der Waals surface area contributed by atoms with Gasteiger partial charge in [-0.1, -0.05) is 0 Å². The Kier molecular flexibility index (Phi) is 4.40. The Hall–Kier alpha value is -0.760. The highest BCUT2D eigenvalue weighted by molar-refractivity contribution is 14.1. The molecule has 0 atom stereocenters. The molecule has 80 valence electrons. The first-order chi connectivity index (χ1) is 7.04. The third-order valence-electron chi connectivity index (χ3n) is 1.52. The van der Waals surface area contributed by atoms with Crippen molar-refractivity contribution in [3.8, 4) is 5.75 Å². The van der Waals surface area contributed by atoms with Crippen molar-refractivity contribution < 1.29 is 19.4 Å². The molecule has 0 spiro atoms. The average Bonchev–Trinajstić information content (AvgIpc) is 2.17. The number of carbonyl (C=O) groups excluding carboxylic acids is 2. The van der Waals surface area contributed by atoms with E-state index in [1.54, 1.807) is 6.07 Å². The van der Waals surface area contributed by atoms with Crippen molar-refractivity contribution in [2.45, 2.75) is 0 Å². The van der Waals surface area contributed by atoms with Crippen LogP contribution < -0.4 is 9.84 Å². The number of carboxylic acid groups (broad SMARTS) is 1. The molecule has 1 aromatic carbocycles. The normalized spacial score (nSPS) is 9.73. The third-order valence-corrected chi connectivity index (χ3v) is 2.45. The van der Waals surface area contributed by atoms with Crippen molar-refractivity contribution in [1.82, 2.24) is 0 Å². The van der Waals surface area contributed by atoms with E-state index in [2.05, 4.69) is 12.6 Å². The Bertz CT molecular complexity index is 405. The van der Waals surface area contributed by atoms with E-state index in [9.17, 15) is 14.7 Å². The number of benzene rings is 1. The topological polar surface area (TPSA) is 66.4 Å². The van der Waals surface area contributed by atoms with E-state index in [0.29, 0.717) is 0 Å². The maximum Gasteiger partial charge on any atom is 0.321 e. The number of carbonyl (C=O) groups is 2. The summed E-state index contributed by atoms with van der Waals surface area (Å²) in [7, 11) is 0. The quantitative estimate of drug-likeness (QED) is 0.377. The fraction of sp³-hybridized carbons (Fsp3) is 0.111. The first kappa shape index (κ1) is 12.3. The second-order valence-corrected chi connectivity index (χ2v) is 4.12. The minimum absolute atomic E-state index is 0.0130. The molecule has 0 aromatic heterocycles. The highest BCUT2D eigenvalue weighted by Gasteiger charge is 2.09. The number of esters is 1. The van der Waals surface area contributed by atoms with Gasteiger partial charge in [-0.2, -0.15) is 12.6 Å². The Balaban J connectivity index is 3.07. The van der Waals surface area contributed by atoms with Gasteiger partial charge in [0.2, 0.25) is 0 Å². The van der Waals surface area contributed by atoms with Crippen LogP contribution in [0.5, 0.6) is 5.75 Å². The summed E-state index contributed by atoms with van der Waals surface area (Å²) < 4.78 is 5.56. The number of halogens is 1. The van der Waals surface area contributed by atoms with Crippen molar-refractivity contribution >= 4 is 47.2 Å². The van der Waals surface area contributed by atoms with E-state index < -0.39 is 11.9 Å². The smallest absolute Gasteiger partial charge is 0.321 e. The van der Waals surface area contributed by atoms with Gasteiger partial charge in [-0.05, 0) is 40.8 Å². The number of thiol groups is 1. The van der Waals surface area contributed by atoms with Crippen LogP contribution in [-0.4, -0.2) is 17.7 Å². The summed E-state index contributed by atoms with van der Waals surface area (Å²) >= 11 is 5.70. The number of hydrogen-bond donors (Lipinski definition) is 1. The minimum atomic E-state index is -1.38. The molecule has 0 aliphatic rings. The van der Waals surface area contributed by atoms with Crippen LogP contribution in [0, 0.1) is 3.57 Å². The van der Waals surface area contributed by atoms with Crippen LogP contribution in [0.15, 0.2) is 18.2 Å². The lowest BCUT2D eigenvalue weighted by molar-refractivity contribution is -0.255. The van der Waals surface area contributed by atoms with Crippen LogP contribution >= 0.6 is 35.2 Å². The van der Waals surface area contributed by atoms with E-state index in [4.69, 9.17) is 4.74 Å². The monoisotopic (exact) mass is 337 g/mol. The van der Waals surface area contributed by atoms with Gasteiger partial charge in [0.1, 0.15) is 5.75 Å². The van der Waals surface area contributed by atoms with Gasteiger partial charge < -0.3 is 14.6 Å². The van der Waals surface area contributed by atoms with E-state index >= 15 is 0 Å². The predicted octanol–water partition coefficient (Wildman–Crippen LogP) is 0.490. The number of rotatable bonds is 3. The summed E-state index contributed by atoms with van der Waals surface area (Å²) in [5.41, 5.74) is -0.148. The largest absolute Gasteiger partial charge is 0.545 e. The maximum atomic E-state index is 11.0. The van der Waals surface area contributed by atoms with Crippen LogP contribution in [0.4, 0.5) is 0 Å². The molecule has 0 amide bonds. The molecule has 0 saturated carbocycles. The zero-order valence-electron chi connectivity index (χ0n) is 7.40. The molecule has 0 heterocycles. The fourth-order valence-electron chi connectivity index (χ4n) is 0.904. The van der Waals surface area contributed by atoms with Gasteiger partial charge in [-0.3, -0.25) is 4.79 Å². The molecule has 0 saturated heterocycles. The van der Waals surface area contributed by atoms with Crippen LogP contribution in [0.2, 0.25) is 0 Å². The lowest BCUT2D eigenvalue weighted by atomic mass is 10.2. The van der Waals surface area contributed by atoms with Gasteiger partial charge in [0.15, 0.2) is 0 Å². The molecular formula is C9H6IO4S-. The zero-order chi connectivity index (χ0) is 11.4. The van der Waals surface area contributed by atoms with Crippen molar-refractivity contribution in [3.63, 3.8) is 0 Å². The SMILES string of the molecule is O=C(CS)Oc1cc(I)ccc1C(=O)[O-]. The fourth-order valence-corrected chi connectivity index (χ4v) is 1.43. The molecule has 4 nitrogen and oxygen atoms in total. The average molecular weight is 337 g/mol. The van der Waals surface area contributed by atoms with Crippen molar-refractivity contribution in [2.75, 3.05) is 5.75 Å². The Morgan fingerprint density at radius 1 is 1.47 bits per heavy atom. The second kappa shape index (κ2) is 5.36. The zero-order valence-corrected chi connectivity index (χ0v) is 10.4. The maximum absolute atomic E-state index is 11.0. The lowest BCUT2D eigenvalue weighted by Gasteiger charge is -2.10. The molecule has 1 rings (SSSR count). The number of hydrogen-bond acceptors (Lipinski definition) is 5. The molecular weight excluding hydrogens is 331 g/mol. The van der Waals surface area contributed by atoms with Gasteiger partial charge in [0.25, 0.3) is 0 Å². The van der Waals surface area contributed by atoms with Gasteiger partial charge in [0.05, 0.1) is 11.7 Å². The van der Waals surface area contributed by atoms with Crippen LogP contribution in [0.3, 0.4) is 0 Å². The van der Waals surface area contributed by atoms with E-state index in [-0.39, 0.29) is 17.1 Å². The lowest BCUT2D eigenvalue weighted by Crippen LogP contribution is -2.24. The van der Waals surface area contributed by atoms with E-state index in [0.717, 1.165) is 3.57 Å². The summed E-state index contributed by atoms with van der Waals surface area (Å²) in [5.74, 6) is -2.12. The molecule has 0 bridgehead atoms.